The van der Waals surface area contributed by atoms with Gasteiger partial charge in [-0.1, -0.05) is 11.6 Å². The molecule has 1 unspecified atom stereocenters. The first-order chi connectivity index (χ1) is 8.36. The maximum Gasteiger partial charge on any atom is 0.242 e. The lowest BCUT2D eigenvalue weighted by atomic mass is 10.3. The molecule has 0 radical (unpaired) electrons. The molecule has 0 aliphatic heterocycles. The van der Waals surface area contributed by atoms with Crippen LogP contribution in [-0.2, 0) is 14.8 Å². The van der Waals surface area contributed by atoms with Gasteiger partial charge in [-0.2, -0.15) is 0 Å². The van der Waals surface area contributed by atoms with Crippen molar-refractivity contribution in [2.75, 3.05) is 20.3 Å². The zero-order chi connectivity index (χ0) is 13.8. The first-order valence-corrected chi connectivity index (χ1v) is 6.84. The third kappa shape index (κ3) is 4.18. The Labute approximate surface area is 110 Å². The molecule has 0 aromatic heterocycles. The number of methoxy groups -OCH3 is 1. The summed E-state index contributed by atoms with van der Waals surface area (Å²) < 4.78 is 43.3. The average molecular weight is 298 g/mol. The van der Waals surface area contributed by atoms with Crippen LogP contribution in [0.2, 0.25) is 5.02 Å². The second-order valence-corrected chi connectivity index (χ2v) is 5.68. The van der Waals surface area contributed by atoms with Crippen LogP contribution in [0.5, 0.6) is 0 Å². The van der Waals surface area contributed by atoms with Crippen molar-refractivity contribution < 1.29 is 22.7 Å². The van der Waals surface area contributed by atoms with Gasteiger partial charge < -0.3 is 9.84 Å². The normalized spacial score (nSPS) is 13.6. The van der Waals surface area contributed by atoms with Gasteiger partial charge in [-0.05, 0) is 18.2 Å². The molecular weight excluding hydrogens is 285 g/mol. The smallest absolute Gasteiger partial charge is 0.242 e. The van der Waals surface area contributed by atoms with Gasteiger partial charge in [0, 0.05) is 13.7 Å². The van der Waals surface area contributed by atoms with Crippen molar-refractivity contribution >= 4 is 21.6 Å². The molecule has 1 aromatic carbocycles. The summed E-state index contributed by atoms with van der Waals surface area (Å²) in [5, 5.41) is 9.23. The van der Waals surface area contributed by atoms with Crippen LogP contribution in [0.3, 0.4) is 0 Å². The molecule has 2 N–H and O–H groups in total. The maximum atomic E-state index is 13.0. The zero-order valence-electron chi connectivity index (χ0n) is 9.56. The molecule has 18 heavy (non-hydrogen) atoms. The molecule has 1 aromatic rings. The monoisotopic (exact) mass is 297 g/mol. The van der Waals surface area contributed by atoms with E-state index >= 15 is 0 Å². The van der Waals surface area contributed by atoms with E-state index in [0.717, 1.165) is 18.2 Å². The van der Waals surface area contributed by atoms with Gasteiger partial charge in [-0.25, -0.2) is 17.5 Å². The van der Waals surface area contributed by atoms with Crippen molar-refractivity contribution in [3.05, 3.63) is 29.0 Å². The van der Waals surface area contributed by atoms with Gasteiger partial charge in [-0.3, -0.25) is 0 Å². The van der Waals surface area contributed by atoms with E-state index in [1.807, 2.05) is 0 Å². The number of sulfonamides is 1. The topological polar surface area (TPSA) is 75.6 Å². The average Bonchev–Trinajstić information content (AvgIpc) is 2.30. The lowest BCUT2D eigenvalue weighted by molar-refractivity contribution is 0.0679. The van der Waals surface area contributed by atoms with Gasteiger partial charge in [0.25, 0.3) is 0 Å². The number of ether oxygens (including phenoxy) is 1. The largest absolute Gasteiger partial charge is 0.389 e. The standard InChI is InChI=1S/C10H13ClFNO4S/c1-17-6-8(14)5-13-18(15,16)10-4-7(12)2-3-9(10)11/h2-4,8,13-14H,5-6H2,1H3. The number of hydrogen-bond donors (Lipinski definition) is 2. The molecule has 8 heteroatoms. The van der Waals surface area contributed by atoms with E-state index in [9.17, 15) is 17.9 Å². The Bertz CT molecular complexity index is 509. The molecule has 1 atom stereocenters. The molecular formula is C10H13ClFNO4S. The first-order valence-electron chi connectivity index (χ1n) is 4.98. The Morgan fingerprint density at radius 3 is 2.83 bits per heavy atom. The fourth-order valence-corrected chi connectivity index (χ4v) is 2.80. The minimum absolute atomic E-state index is 0.0145. The second-order valence-electron chi connectivity index (χ2n) is 3.54. The Hall–Kier alpha value is -0.730. The number of halogens is 2. The van der Waals surface area contributed by atoms with Gasteiger partial charge in [0.2, 0.25) is 10.0 Å². The second kappa shape index (κ2) is 6.44. The highest BCUT2D eigenvalue weighted by Gasteiger charge is 2.19. The molecule has 0 heterocycles. The molecule has 0 spiro atoms. The molecule has 0 bridgehead atoms. The third-order valence-electron chi connectivity index (χ3n) is 2.05. The van der Waals surface area contributed by atoms with Crippen LogP contribution in [0.25, 0.3) is 0 Å². The van der Waals surface area contributed by atoms with Crippen LogP contribution < -0.4 is 4.72 Å². The highest BCUT2D eigenvalue weighted by atomic mass is 35.5. The number of rotatable bonds is 6. The van der Waals surface area contributed by atoms with Gasteiger partial charge >= 0.3 is 0 Å². The van der Waals surface area contributed by atoms with Crippen molar-refractivity contribution in [2.24, 2.45) is 0 Å². The quantitative estimate of drug-likeness (QED) is 0.813. The Kier molecular flexibility index (Phi) is 5.48. The van der Waals surface area contributed by atoms with E-state index < -0.39 is 21.9 Å². The summed E-state index contributed by atoms with van der Waals surface area (Å²) in [7, 11) is -2.59. The molecule has 5 nitrogen and oxygen atoms in total. The van der Waals surface area contributed by atoms with E-state index in [4.69, 9.17) is 11.6 Å². The summed E-state index contributed by atoms with van der Waals surface area (Å²) in [6, 6.07) is 3.02. The Balaban J connectivity index is 2.83. The van der Waals surface area contributed by atoms with Gasteiger partial charge in [0.1, 0.15) is 10.7 Å². The first kappa shape index (κ1) is 15.3. The van der Waals surface area contributed by atoms with Crippen molar-refractivity contribution in [1.82, 2.24) is 4.72 Å². The van der Waals surface area contributed by atoms with Crippen molar-refractivity contribution in [2.45, 2.75) is 11.0 Å². The summed E-state index contributed by atoms with van der Waals surface area (Å²) in [5.74, 6) is -0.711. The Morgan fingerprint density at radius 1 is 1.56 bits per heavy atom. The molecule has 102 valence electrons. The summed E-state index contributed by atoms with van der Waals surface area (Å²) >= 11 is 5.68. The lowest BCUT2D eigenvalue weighted by Crippen LogP contribution is -2.34. The van der Waals surface area contributed by atoms with E-state index in [-0.39, 0.29) is 23.1 Å². The number of nitrogens with one attached hydrogen (secondary N) is 1. The van der Waals surface area contributed by atoms with E-state index in [2.05, 4.69) is 9.46 Å². The van der Waals surface area contributed by atoms with Crippen molar-refractivity contribution in [1.29, 1.82) is 0 Å². The van der Waals surface area contributed by atoms with Crippen LogP contribution in [-0.4, -0.2) is 39.9 Å². The minimum Gasteiger partial charge on any atom is -0.389 e. The van der Waals surface area contributed by atoms with Crippen molar-refractivity contribution in [3.8, 4) is 0 Å². The number of benzene rings is 1. The molecule has 0 saturated carbocycles. The molecule has 0 saturated heterocycles. The summed E-state index contributed by atoms with van der Waals surface area (Å²) in [4.78, 5) is -0.367. The molecule has 0 fully saturated rings. The van der Waals surface area contributed by atoms with Gasteiger partial charge in [-0.15, -0.1) is 0 Å². The van der Waals surface area contributed by atoms with E-state index in [1.165, 1.54) is 7.11 Å². The predicted octanol–water partition coefficient (Wildman–Crippen LogP) is 0.765. The predicted molar refractivity (Wildman–Crippen MR) is 64.5 cm³/mol. The van der Waals surface area contributed by atoms with Crippen LogP contribution in [0.4, 0.5) is 4.39 Å². The van der Waals surface area contributed by atoms with Crippen LogP contribution >= 0.6 is 11.6 Å². The highest BCUT2D eigenvalue weighted by molar-refractivity contribution is 7.89. The SMILES string of the molecule is COCC(O)CNS(=O)(=O)c1cc(F)ccc1Cl. The van der Waals surface area contributed by atoms with Crippen molar-refractivity contribution in [3.63, 3.8) is 0 Å². The minimum atomic E-state index is -3.96. The number of hydrogen-bond acceptors (Lipinski definition) is 4. The molecule has 1 rings (SSSR count). The summed E-state index contributed by atoms with van der Waals surface area (Å²) in [6.45, 7) is -0.261. The van der Waals surface area contributed by atoms with E-state index in [1.54, 1.807) is 0 Å². The fourth-order valence-electron chi connectivity index (χ4n) is 1.22. The van der Waals surface area contributed by atoms with Crippen LogP contribution in [0.15, 0.2) is 23.1 Å². The van der Waals surface area contributed by atoms with Gasteiger partial charge in [0.05, 0.1) is 17.7 Å². The molecule has 0 aliphatic carbocycles. The molecule has 0 aliphatic rings. The lowest BCUT2D eigenvalue weighted by Gasteiger charge is -2.12. The zero-order valence-corrected chi connectivity index (χ0v) is 11.1. The molecule has 0 amide bonds. The van der Waals surface area contributed by atoms with Crippen LogP contribution in [0, 0.1) is 5.82 Å². The third-order valence-corrected chi connectivity index (χ3v) is 3.96. The van der Waals surface area contributed by atoms with Crippen LogP contribution in [0.1, 0.15) is 0 Å². The number of aliphatic hydroxyl groups is 1. The summed E-state index contributed by atoms with van der Waals surface area (Å²) in [6.07, 6.45) is -0.989. The highest BCUT2D eigenvalue weighted by Crippen LogP contribution is 2.21. The fraction of sp³-hybridized carbons (Fsp3) is 0.400. The van der Waals surface area contributed by atoms with E-state index in [0.29, 0.717) is 0 Å². The summed E-state index contributed by atoms with van der Waals surface area (Å²) in [5.41, 5.74) is 0. The van der Waals surface area contributed by atoms with Gasteiger partial charge in [0.15, 0.2) is 0 Å². The Morgan fingerprint density at radius 2 is 2.22 bits per heavy atom. The number of aliphatic hydroxyl groups excluding tert-OH is 1. The maximum absolute atomic E-state index is 13.0.